The van der Waals surface area contributed by atoms with Crippen LogP contribution in [0.5, 0.6) is 0 Å². The molecule has 2 rings (SSSR count). The molecule has 2 aromatic rings. The minimum atomic E-state index is -0.556. The average molecular weight is 332 g/mol. The van der Waals surface area contributed by atoms with Gasteiger partial charge in [0.2, 0.25) is 16.5 Å². The predicted molar refractivity (Wildman–Crippen MR) is 77.4 cm³/mol. The summed E-state index contributed by atoms with van der Waals surface area (Å²) in [6.07, 6.45) is 0.314. The summed E-state index contributed by atoms with van der Waals surface area (Å²) in [5, 5.41) is 0.465. The van der Waals surface area contributed by atoms with E-state index in [4.69, 9.17) is 40.5 Å². The molecule has 0 unspecified atom stereocenters. The van der Waals surface area contributed by atoms with Crippen LogP contribution in [-0.2, 0) is 6.42 Å². The molecule has 0 radical (unpaired) electrons. The van der Waals surface area contributed by atoms with Crippen molar-refractivity contribution >= 4 is 40.7 Å². The molecule has 20 heavy (non-hydrogen) atoms. The first kappa shape index (κ1) is 15.0. The standard InChI is InChI=1S/C12H9Cl3N4O/c1-5-6(2-7(10(16)20)3-8(5)13)4-9-17-11(14)19-12(15)18-9/h2-3H,4H2,1H3,(H2,16,20). The van der Waals surface area contributed by atoms with Gasteiger partial charge in [0, 0.05) is 17.0 Å². The third-order valence-electron chi connectivity index (χ3n) is 2.71. The highest BCUT2D eigenvalue weighted by Crippen LogP contribution is 2.23. The second kappa shape index (κ2) is 5.91. The van der Waals surface area contributed by atoms with Gasteiger partial charge in [0.15, 0.2) is 0 Å². The molecule has 0 atom stereocenters. The van der Waals surface area contributed by atoms with Crippen LogP contribution >= 0.6 is 34.8 Å². The number of primary amides is 1. The Kier molecular flexibility index (Phi) is 4.42. The molecule has 0 saturated heterocycles. The normalized spacial score (nSPS) is 10.6. The number of rotatable bonds is 3. The van der Waals surface area contributed by atoms with Gasteiger partial charge in [-0.15, -0.1) is 0 Å². The first-order valence-corrected chi connectivity index (χ1v) is 6.65. The highest BCUT2D eigenvalue weighted by Gasteiger charge is 2.12. The Morgan fingerprint density at radius 1 is 1.15 bits per heavy atom. The van der Waals surface area contributed by atoms with Gasteiger partial charge in [-0.2, -0.15) is 4.98 Å². The number of hydrogen-bond donors (Lipinski definition) is 1. The lowest BCUT2D eigenvalue weighted by atomic mass is 10.0. The number of aromatic nitrogens is 3. The summed E-state index contributed by atoms with van der Waals surface area (Å²) < 4.78 is 0. The SMILES string of the molecule is Cc1c(Cl)cc(C(N)=O)cc1Cc1nc(Cl)nc(Cl)n1. The van der Waals surface area contributed by atoms with Crippen molar-refractivity contribution in [3.05, 3.63) is 50.2 Å². The van der Waals surface area contributed by atoms with Crippen LogP contribution < -0.4 is 5.73 Å². The summed E-state index contributed by atoms with van der Waals surface area (Å²) in [4.78, 5) is 22.9. The Labute approximate surface area is 130 Å². The van der Waals surface area contributed by atoms with Crippen LogP contribution in [0.1, 0.15) is 27.3 Å². The van der Waals surface area contributed by atoms with Crippen LogP contribution in [0.4, 0.5) is 0 Å². The predicted octanol–water partition coefficient (Wildman–Crippen LogP) is 2.83. The molecule has 104 valence electrons. The Hall–Kier alpha value is -1.43. The van der Waals surface area contributed by atoms with Crippen LogP contribution in [-0.4, -0.2) is 20.9 Å². The maximum atomic E-state index is 11.3. The van der Waals surface area contributed by atoms with Gasteiger partial charge >= 0.3 is 0 Å². The number of hydrogen-bond acceptors (Lipinski definition) is 4. The third-order valence-corrected chi connectivity index (χ3v) is 3.44. The molecule has 0 spiro atoms. The lowest BCUT2D eigenvalue weighted by Crippen LogP contribution is -2.12. The second-order valence-electron chi connectivity index (χ2n) is 4.07. The van der Waals surface area contributed by atoms with E-state index in [1.165, 1.54) is 6.07 Å². The Bertz CT molecular complexity index is 670. The number of amides is 1. The summed E-state index contributed by atoms with van der Waals surface area (Å²) in [7, 11) is 0. The van der Waals surface area contributed by atoms with Gasteiger partial charge in [0.05, 0.1) is 0 Å². The van der Waals surface area contributed by atoms with Gasteiger partial charge in [0.1, 0.15) is 5.82 Å². The van der Waals surface area contributed by atoms with Crippen molar-refractivity contribution in [1.82, 2.24) is 15.0 Å². The molecule has 0 aliphatic rings. The monoisotopic (exact) mass is 330 g/mol. The van der Waals surface area contributed by atoms with Crippen molar-refractivity contribution in [2.45, 2.75) is 13.3 Å². The number of carbonyl (C=O) groups is 1. The first-order chi connectivity index (χ1) is 9.36. The minimum Gasteiger partial charge on any atom is -0.366 e. The van der Waals surface area contributed by atoms with Crippen LogP contribution in [0.3, 0.4) is 0 Å². The lowest BCUT2D eigenvalue weighted by molar-refractivity contribution is 0.1000. The quantitative estimate of drug-likeness (QED) is 0.937. The van der Waals surface area contributed by atoms with Crippen molar-refractivity contribution in [2.75, 3.05) is 0 Å². The molecule has 1 aromatic carbocycles. The number of nitrogens with two attached hydrogens (primary N) is 1. The van der Waals surface area contributed by atoms with Gasteiger partial charge < -0.3 is 5.73 Å². The molecule has 0 aliphatic heterocycles. The van der Waals surface area contributed by atoms with Crippen LogP contribution in [0, 0.1) is 6.92 Å². The van der Waals surface area contributed by atoms with Crippen molar-refractivity contribution in [3.8, 4) is 0 Å². The van der Waals surface area contributed by atoms with Gasteiger partial charge in [-0.05, 0) is 53.4 Å². The van der Waals surface area contributed by atoms with E-state index in [0.717, 1.165) is 11.1 Å². The van der Waals surface area contributed by atoms with Gasteiger partial charge in [-0.1, -0.05) is 11.6 Å². The molecule has 5 nitrogen and oxygen atoms in total. The van der Waals surface area contributed by atoms with E-state index in [0.29, 0.717) is 22.8 Å². The van der Waals surface area contributed by atoms with Crippen LogP contribution in [0.2, 0.25) is 15.6 Å². The van der Waals surface area contributed by atoms with Gasteiger partial charge in [-0.3, -0.25) is 4.79 Å². The summed E-state index contributed by atoms with van der Waals surface area (Å²) in [5.41, 5.74) is 7.16. The van der Waals surface area contributed by atoms with Crippen LogP contribution in [0.25, 0.3) is 0 Å². The smallest absolute Gasteiger partial charge is 0.248 e. The molecular formula is C12H9Cl3N4O. The lowest BCUT2D eigenvalue weighted by Gasteiger charge is -2.09. The third kappa shape index (κ3) is 3.36. The summed E-state index contributed by atoms with van der Waals surface area (Å²) >= 11 is 17.5. The molecule has 8 heteroatoms. The molecule has 1 amide bonds. The summed E-state index contributed by atoms with van der Waals surface area (Å²) in [5.74, 6) is -0.171. The van der Waals surface area contributed by atoms with E-state index in [-0.39, 0.29) is 10.6 Å². The maximum absolute atomic E-state index is 11.3. The van der Waals surface area contributed by atoms with E-state index in [9.17, 15) is 4.79 Å². The number of halogens is 3. The molecule has 0 aliphatic carbocycles. The highest BCUT2D eigenvalue weighted by molar-refractivity contribution is 6.32. The topological polar surface area (TPSA) is 81.8 Å². The fourth-order valence-corrected chi connectivity index (χ4v) is 2.31. The van der Waals surface area contributed by atoms with Crippen LogP contribution in [0.15, 0.2) is 12.1 Å². The van der Waals surface area contributed by atoms with Gasteiger partial charge in [-0.25, -0.2) is 9.97 Å². The van der Waals surface area contributed by atoms with Gasteiger partial charge in [0.25, 0.3) is 0 Å². The zero-order chi connectivity index (χ0) is 14.9. The largest absolute Gasteiger partial charge is 0.366 e. The summed E-state index contributed by atoms with van der Waals surface area (Å²) in [6, 6.07) is 3.17. The molecule has 1 heterocycles. The second-order valence-corrected chi connectivity index (χ2v) is 5.16. The van der Waals surface area contributed by atoms with Crippen molar-refractivity contribution in [1.29, 1.82) is 0 Å². The fourth-order valence-electron chi connectivity index (χ4n) is 1.68. The minimum absolute atomic E-state index is 0.00908. The van der Waals surface area contributed by atoms with Crippen molar-refractivity contribution < 1.29 is 4.79 Å². The van der Waals surface area contributed by atoms with E-state index < -0.39 is 5.91 Å². The Morgan fingerprint density at radius 3 is 2.30 bits per heavy atom. The molecule has 2 N–H and O–H groups in total. The molecular weight excluding hydrogens is 323 g/mol. The maximum Gasteiger partial charge on any atom is 0.248 e. The van der Waals surface area contributed by atoms with Crippen molar-refractivity contribution in [3.63, 3.8) is 0 Å². The van der Waals surface area contributed by atoms with E-state index in [1.807, 2.05) is 6.92 Å². The van der Waals surface area contributed by atoms with E-state index in [2.05, 4.69) is 15.0 Å². The molecule has 0 saturated carbocycles. The molecule has 0 bridgehead atoms. The average Bonchev–Trinajstić information content (AvgIpc) is 2.33. The summed E-state index contributed by atoms with van der Waals surface area (Å²) in [6.45, 7) is 1.83. The molecule has 1 aromatic heterocycles. The van der Waals surface area contributed by atoms with Crippen molar-refractivity contribution in [2.24, 2.45) is 5.73 Å². The Morgan fingerprint density at radius 2 is 1.75 bits per heavy atom. The fraction of sp³-hybridized carbons (Fsp3) is 0.167. The molecule has 0 fully saturated rings. The zero-order valence-corrected chi connectivity index (χ0v) is 12.6. The number of nitrogens with zero attached hydrogens (tertiary/aromatic N) is 3. The number of benzene rings is 1. The Balaban J connectivity index is 2.44. The van der Waals surface area contributed by atoms with E-state index in [1.54, 1.807) is 6.07 Å². The number of carbonyl (C=O) groups excluding carboxylic acids is 1. The first-order valence-electron chi connectivity index (χ1n) is 5.51. The zero-order valence-electron chi connectivity index (χ0n) is 10.3. The highest BCUT2D eigenvalue weighted by atomic mass is 35.5. The van der Waals surface area contributed by atoms with E-state index >= 15 is 0 Å².